The second-order valence-electron chi connectivity index (χ2n) is 4.00. The van der Waals surface area contributed by atoms with Gasteiger partial charge in [-0.25, -0.2) is 0 Å². The normalized spacial score (nSPS) is 10.6. The van der Waals surface area contributed by atoms with Gasteiger partial charge in [0.2, 0.25) is 0 Å². The number of benzene rings is 1. The van der Waals surface area contributed by atoms with E-state index >= 15 is 0 Å². The van der Waals surface area contributed by atoms with Crippen molar-refractivity contribution in [1.82, 2.24) is 14.8 Å². The van der Waals surface area contributed by atoms with Crippen LogP contribution in [-0.2, 0) is 7.05 Å². The molecule has 0 aliphatic heterocycles. The van der Waals surface area contributed by atoms with Crippen molar-refractivity contribution in [3.63, 3.8) is 0 Å². The van der Waals surface area contributed by atoms with Gasteiger partial charge in [0.15, 0.2) is 22.4 Å². The van der Waals surface area contributed by atoms with Crippen molar-refractivity contribution < 1.29 is 15.0 Å². The Balaban J connectivity index is 2.05. The van der Waals surface area contributed by atoms with E-state index in [1.165, 1.54) is 30.0 Å². The molecule has 2 aromatic rings. The summed E-state index contributed by atoms with van der Waals surface area (Å²) in [5, 5.41) is 27.0. The smallest absolute Gasteiger partial charge is 0.191 e. The van der Waals surface area contributed by atoms with Gasteiger partial charge in [-0.2, -0.15) is 0 Å². The molecule has 1 heterocycles. The first-order chi connectivity index (χ1) is 8.99. The Hall–Kier alpha value is -2.02. The number of Topliss-reactive ketones (excluding diaryl/α,β-unsaturated/α-hetero) is 1. The number of ketones is 1. The predicted molar refractivity (Wildman–Crippen MR) is 70.6 cm³/mol. The van der Waals surface area contributed by atoms with E-state index in [4.69, 9.17) is 0 Å². The van der Waals surface area contributed by atoms with E-state index in [0.717, 1.165) is 5.82 Å². The van der Waals surface area contributed by atoms with Gasteiger partial charge in [0.05, 0.1) is 5.75 Å². The zero-order valence-corrected chi connectivity index (χ0v) is 11.3. The number of phenolic OH excluding ortho intramolecular Hbond substituents is 2. The van der Waals surface area contributed by atoms with E-state index in [1.54, 1.807) is 4.57 Å². The van der Waals surface area contributed by atoms with Crippen LogP contribution in [0.2, 0.25) is 0 Å². The third kappa shape index (κ3) is 2.87. The van der Waals surface area contributed by atoms with Crippen LogP contribution in [0.1, 0.15) is 16.2 Å². The van der Waals surface area contributed by atoms with Gasteiger partial charge in [-0.15, -0.1) is 10.2 Å². The third-order valence-corrected chi connectivity index (χ3v) is 3.70. The van der Waals surface area contributed by atoms with Crippen molar-refractivity contribution in [3.05, 3.63) is 29.6 Å². The van der Waals surface area contributed by atoms with Crippen molar-refractivity contribution in [2.45, 2.75) is 12.1 Å². The summed E-state index contributed by atoms with van der Waals surface area (Å²) in [6.07, 6.45) is 0. The summed E-state index contributed by atoms with van der Waals surface area (Å²) in [6, 6.07) is 4.01. The Kier molecular flexibility index (Phi) is 3.75. The molecule has 0 fully saturated rings. The molecule has 0 aliphatic rings. The molecule has 0 saturated carbocycles. The average molecular weight is 279 g/mol. The standard InChI is InChI=1S/C12H13N3O3S/c1-7-13-14-12(15(7)2)19-6-11(18)8-3-4-9(16)10(17)5-8/h3-5,16-17H,6H2,1-2H3. The van der Waals surface area contributed by atoms with Crippen molar-refractivity contribution in [2.24, 2.45) is 7.05 Å². The van der Waals surface area contributed by atoms with Crippen molar-refractivity contribution in [2.75, 3.05) is 5.75 Å². The van der Waals surface area contributed by atoms with Gasteiger partial charge in [-0.1, -0.05) is 11.8 Å². The van der Waals surface area contributed by atoms with Crippen LogP contribution in [0.5, 0.6) is 11.5 Å². The molecular weight excluding hydrogens is 266 g/mol. The summed E-state index contributed by atoms with van der Waals surface area (Å²) < 4.78 is 1.80. The Morgan fingerprint density at radius 3 is 2.63 bits per heavy atom. The van der Waals surface area contributed by atoms with Gasteiger partial charge in [0.1, 0.15) is 5.82 Å². The first-order valence-electron chi connectivity index (χ1n) is 5.53. The minimum Gasteiger partial charge on any atom is -0.504 e. The van der Waals surface area contributed by atoms with Crippen LogP contribution in [0.3, 0.4) is 0 Å². The number of aromatic hydroxyl groups is 2. The Morgan fingerprint density at radius 2 is 2.05 bits per heavy atom. The van der Waals surface area contributed by atoms with Crippen LogP contribution in [0.4, 0.5) is 0 Å². The molecule has 6 nitrogen and oxygen atoms in total. The number of hydrogen-bond donors (Lipinski definition) is 2. The number of thioether (sulfide) groups is 1. The van der Waals surface area contributed by atoms with E-state index < -0.39 is 0 Å². The second-order valence-corrected chi connectivity index (χ2v) is 4.95. The summed E-state index contributed by atoms with van der Waals surface area (Å²) in [6.45, 7) is 1.83. The summed E-state index contributed by atoms with van der Waals surface area (Å²) in [5.41, 5.74) is 0.349. The van der Waals surface area contributed by atoms with Crippen LogP contribution in [0.15, 0.2) is 23.4 Å². The second kappa shape index (κ2) is 5.31. The highest BCUT2D eigenvalue weighted by Crippen LogP contribution is 2.26. The minimum absolute atomic E-state index is 0.152. The van der Waals surface area contributed by atoms with Gasteiger partial charge in [0.25, 0.3) is 0 Å². The van der Waals surface area contributed by atoms with Crippen LogP contribution in [0.25, 0.3) is 0 Å². The molecule has 19 heavy (non-hydrogen) atoms. The number of aryl methyl sites for hydroxylation is 1. The van der Waals surface area contributed by atoms with E-state index in [9.17, 15) is 15.0 Å². The first-order valence-corrected chi connectivity index (χ1v) is 6.51. The van der Waals surface area contributed by atoms with Crippen LogP contribution in [-0.4, -0.2) is 36.5 Å². The molecule has 7 heteroatoms. The van der Waals surface area contributed by atoms with E-state index in [0.29, 0.717) is 10.7 Å². The molecule has 0 amide bonds. The molecule has 2 N–H and O–H groups in total. The minimum atomic E-state index is -0.301. The van der Waals surface area contributed by atoms with Gasteiger partial charge in [0, 0.05) is 12.6 Å². The average Bonchev–Trinajstić information content (AvgIpc) is 2.70. The van der Waals surface area contributed by atoms with E-state index in [-0.39, 0.29) is 23.0 Å². The first kappa shape index (κ1) is 13.4. The van der Waals surface area contributed by atoms with Gasteiger partial charge >= 0.3 is 0 Å². The SMILES string of the molecule is Cc1nnc(SCC(=O)c2ccc(O)c(O)c2)n1C. The third-order valence-electron chi connectivity index (χ3n) is 2.68. The lowest BCUT2D eigenvalue weighted by Gasteiger charge is -2.03. The molecule has 0 saturated heterocycles. The molecule has 0 spiro atoms. The number of carbonyl (C=O) groups excluding carboxylic acids is 1. The fraction of sp³-hybridized carbons (Fsp3) is 0.250. The molecule has 0 aliphatic carbocycles. The maximum absolute atomic E-state index is 11.9. The number of hydrogen-bond acceptors (Lipinski definition) is 6. The summed E-state index contributed by atoms with van der Waals surface area (Å²) in [4.78, 5) is 11.9. The molecular formula is C12H13N3O3S. The lowest BCUT2D eigenvalue weighted by molar-refractivity contribution is 0.102. The number of carbonyl (C=O) groups is 1. The summed E-state index contributed by atoms with van der Waals surface area (Å²) >= 11 is 1.28. The van der Waals surface area contributed by atoms with Crippen molar-refractivity contribution in [1.29, 1.82) is 0 Å². The number of aromatic nitrogens is 3. The monoisotopic (exact) mass is 279 g/mol. The number of nitrogens with zero attached hydrogens (tertiary/aromatic N) is 3. The lowest BCUT2D eigenvalue weighted by Crippen LogP contribution is -2.03. The van der Waals surface area contributed by atoms with Gasteiger partial charge in [-0.05, 0) is 25.1 Å². The lowest BCUT2D eigenvalue weighted by atomic mass is 10.1. The van der Waals surface area contributed by atoms with Crippen molar-refractivity contribution in [3.8, 4) is 11.5 Å². The summed E-state index contributed by atoms with van der Waals surface area (Å²) in [7, 11) is 1.83. The number of phenols is 2. The quantitative estimate of drug-likeness (QED) is 0.501. The molecule has 0 unspecified atom stereocenters. The van der Waals surface area contributed by atoms with Gasteiger partial charge in [-0.3, -0.25) is 4.79 Å². The molecule has 0 atom stereocenters. The fourth-order valence-electron chi connectivity index (χ4n) is 1.42. The fourth-order valence-corrected chi connectivity index (χ4v) is 2.27. The zero-order valence-electron chi connectivity index (χ0n) is 10.5. The van der Waals surface area contributed by atoms with E-state index in [2.05, 4.69) is 10.2 Å². The highest BCUT2D eigenvalue weighted by Gasteiger charge is 2.12. The zero-order chi connectivity index (χ0) is 14.0. The van der Waals surface area contributed by atoms with E-state index in [1.807, 2.05) is 14.0 Å². The molecule has 0 radical (unpaired) electrons. The molecule has 100 valence electrons. The molecule has 2 rings (SSSR count). The predicted octanol–water partition coefficient (Wildman–Crippen LogP) is 1.51. The maximum Gasteiger partial charge on any atom is 0.191 e. The Morgan fingerprint density at radius 1 is 1.32 bits per heavy atom. The molecule has 1 aromatic carbocycles. The maximum atomic E-state index is 11.9. The highest BCUT2D eigenvalue weighted by atomic mass is 32.2. The summed E-state index contributed by atoms with van der Waals surface area (Å²) in [5.74, 6) is 0.271. The van der Waals surface area contributed by atoms with Crippen LogP contribution >= 0.6 is 11.8 Å². The molecule has 1 aromatic heterocycles. The largest absolute Gasteiger partial charge is 0.504 e. The van der Waals surface area contributed by atoms with Gasteiger partial charge < -0.3 is 14.8 Å². The Bertz CT molecular complexity index is 625. The molecule has 0 bridgehead atoms. The number of rotatable bonds is 4. The van der Waals surface area contributed by atoms with Crippen molar-refractivity contribution >= 4 is 17.5 Å². The van der Waals surface area contributed by atoms with Crippen LogP contribution < -0.4 is 0 Å². The highest BCUT2D eigenvalue weighted by molar-refractivity contribution is 7.99. The topological polar surface area (TPSA) is 88.2 Å². The Labute approximate surface area is 114 Å². The van der Waals surface area contributed by atoms with Crippen LogP contribution in [0, 0.1) is 6.92 Å².